The van der Waals surface area contributed by atoms with Crippen LogP contribution in [0.5, 0.6) is 0 Å². The Balaban J connectivity index is 2.13. The van der Waals surface area contributed by atoms with E-state index in [4.69, 9.17) is 0 Å². The summed E-state index contributed by atoms with van der Waals surface area (Å²) in [5.74, 6) is 0.780. The minimum absolute atomic E-state index is 0.0298. The first-order valence-electron chi connectivity index (χ1n) is 6.69. The monoisotopic (exact) mass is 246 g/mol. The van der Waals surface area contributed by atoms with Crippen molar-refractivity contribution in [3.8, 4) is 0 Å². The Morgan fingerprint density at radius 2 is 2.11 bits per heavy atom. The van der Waals surface area contributed by atoms with Gasteiger partial charge in [0.1, 0.15) is 0 Å². The summed E-state index contributed by atoms with van der Waals surface area (Å²) in [4.78, 5) is 11.6. The molecule has 1 aromatic carbocycles. The fourth-order valence-electron chi connectivity index (χ4n) is 2.62. The molecule has 0 aliphatic heterocycles. The second-order valence-electron chi connectivity index (χ2n) is 5.37. The van der Waals surface area contributed by atoms with Gasteiger partial charge in [-0.1, -0.05) is 13.0 Å². The lowest BCUT2D eigenvalue weighted by atomic mass is 10.1. The van der Waals surface area contributed by atoms with Crippen LogP contribution in [0.15, 0.2) is 18.2 Å². The molecule has 18 heavy (non-hydrogen) atoms. The average Bonchev–Trinajstić information content (AvgIpc) is 2.76. The number of carbonyl (C=O) groups is 1. The van der Waals surface area contributed by atoms with Gasteiger partial charge in [0.2, 0.25) is 0 Å². The van der Waals surface area contributed by atoms with Gasteiger partial charge in [0.25, 0.3) is 5.91 Å². The number of rotatable bonds is 3. The van der Waals surface area contributed by atoms with Crippen LogP contribution < -0.4 is 10.6 Å². The first kappa shape index (κ1) is 12.9. The Morgan fingerprint density at radius 3 is 2.72 bits per heavy atom. The maximum atomic E-state index is 11.6. The number of nitrogens with one attached hydrogen (secondary N) is 2. The molecule has 0 saturated heterocycles. The summed E-state index contributed by atoms with van der Waals surface area (Å²) >= 11 is 0. The van der Waals surface area contributed by atoms with Crippen LogP contribution in [0, 0.1) is 12.8 Å². The third-order valence-electron chi connectivity index (χ3n) is 3.78. The van der Waals surface area contributed by atoms with Gasteiger partial charge in [-0.25, -0.2) is 0 Å². The summed E-state index contributed by atoms with van der Waals surface area (Å²) in [6.45, 7) is 4.38. The second kappa shape index (κ2) is 5.42. The van der Waals surface area contributed by atoms with E-state index >= 15 is 0 Å². The molecule has 2 unspecified atom stereocenters. The van der Waals surface area contributed by atoms with Gasteiger partial charge in [0.05, 0.1) is 0 Å². The van der Waals surface area contributed by atoms with Crippen LogP contribution in [-0.2, 0) is 0 Å². The Labute approximate surface area is 109 Å². The minimum atomic E-state index is -0.0298. The van der Waals surface area contributed by atoms with E-state index in [-0.39, 0.29) is 5.91 Å². The number of amides is 1. The van der Waals surface area contributed by atoms with Crippen LogP contribution in [0.2, 0.25) is 0 Å². The molecule has 1 aliphatic rings. The second-order valence-corrected chi connectivity index (χ2v) is 5.37. The summed E-state index contributed by atoms with van der Waals surface area (Å²) in [6.07, 6.45) is 3.75. The van der Waals surface area contributed by atoms with E-state index < -0.39 is 0 Å². The Morgan fingerprint density at radius 1 is 1.33 bits per heavy atom. The number of aryl methyl sites for hydroxylation is 1. The van der Waals surface area contributed by atoms with E-state index in [1.807, 2.05) is 18.2 Å². The molecule has 3 nitrogen and oxygen atoms in total. The van der Waals surface area contributed by atoms with Crippen molar-refractivity contribution in [2.75, 3.05) is 12.4 Å². The quantitative estimate of drug-likeness (QED) is 0.861. The molecule has 2 rings (SSSR count). The van der Waals surface area contributed by atoms with Gasteiger partial charge >= 0.3 is 0 Å². The lowest BCUT2D eigenvalue weighted by Crippen LogP contribution is -2.19. The highest BCUT2D eigenvalue weighted by atomic mass is 16.1. The lowest BCUT2D eigenvalue weighted by molar-refractivity contribution is 0.0963. The third kappa shape index (κ3) is 2.84. The highest BCUT2D eigenvalue weighted by Crippen LogP contribution is 2.28. The van der Waals surface area contributed by atoms with Crippen molar-refractivity contribution in [1.82, 2.24) is 5.32 Å². The molecule has 0 radical (unpaired) electrons. The minimum Gasteiger partial charge on any atom is -0.382 e. The molecular weight excluding hydrogens is 224 g/mol. The average molecular weight is 246 g/mol. The van der Waals surface area contributed by atoms with Crippen molar-refractivity contribution in [3.05, 3.63) is 29.3 Å². The van der Waals surface area contributed by atoms with Crippen LogP contribution in [0.4, 0.5) is 5.69 Å². The van der Waals surface area contributed by atoms with Crippen LogP contribution in [0.3, 0.4) is 0 Å². The van der Waals surface area contributed by atoms with Crippen LogP contribution in [-0.4, -0.2) is 19.0 Å². The maximum Gasteiger partial charge on any atom is 0.251 e. The molecule has 1 amide bonds. The summed E-state index contributed by atoms with van der Waals surface area (Å²) in [6, 6.07) is 6.39. The van der Waals surface area contributed by atoms with E-state index in [1.165, 1.54) is 24.8 Å². The van der Waals surface area contributed by atoms with Crippen molar-refractivity contribution < 1.29 is 4.79 Å². The Kier molecular flexibility index (Phi) is 3.90. The van der Waals surface area contributed by atoms with E-state index in [2.05, 4.69) is 24.5 Å². The summed E-state index contributed by atoms with van der Waals surface area (Å²) in [7, 11) is 1.66. The number of carbonyl (C=O) groups excluding carboxylic acids is 1. The van der Waals surface area contributed by atoms with Crippen molar-refractivity contribution in [3.63, 3.8) is 0 Å². The first-order chi connectivity index (χ1) is 8.60. The third-order valence-corrected chi connectivity index (χ3v) is 3.78. The standard InChI is InChI=1S/C15H22N2O/c1-10-4-7-13(8-10)17-14-9-12(15(18)16-3)6-5-11(14)2/h5-6,9-10,13,17H,4,7-8H2,1-3H3,(H,16,18). The SMILES string of the molecule is CNC(=O)c1ccc(C)c(NC2CCC(C)C2)c1. The molecule has 0 aromatic heterocycles. The van der Waals surface area contributed by atoms with Gasteiger partial charge in [-0.3, -0.25) is 4.79 Å². The highest BCUT2D eigenvalue weighted by molar-refractivity contribution is 5.95. The van der Waals surface area contributed by atoms with Gasteiger partial charge < -0.3 is 10.6 Å². The predicted octanol–water partition coefficient (Wildman–Crippen LogP) is 2.96. The number of hydrogen-bond donors (Lipinski definition) is 2. The molecule has 1 saturated carbocycles. The zero-order chi connectivity index (χ0) is 13.1. The number of hydrogen-bond acceptors (Lipinski definition) is 2. The molecule has 1 aromatic rings. The van der Waals surface area contributed by atoms with Gasteiger partial charge in [-0.2, -0.15) is 0 Å². The fraction of sp³-hybridized carbons (Fsp3) is 0.533. The van der Waals surface area contributed by atoms with Crippen molar-refractivity contribution in [2.45, 2.75) is 39.2 Å². The van der Waals surface area contributed by atoms with Gasteiger partial charge in [-0.05, 0) is 49.8 Å². The maximum absolute atomic E-state index is 11.6. The fourth-order valence-corrected chi connectivity index (χ4v) is 2.62. The Bertz CT molecular complexity index is 442. The van der Waals surface area contributed by atoms with Crippen LogP contribution >= 0.6 is 0 Å². The molecule has 0 bridgehead atoms. The molecule has 1 aliphatic carbocycles. The first-order valence-corrected chi connectivity index (χ1v) is 6.69. The predicted molar refractivity (Wildman–Crippen MR) is 75.0 cm³/mol. The zero-order valence-electron chi connectivity index (χ0n) is 11.4. The lowest BCUT2D eigenvalue weighted by Gasteiger charge is -2.17. The van der Waals surface area contributed by atoms with E-state index in [0.717, 1.165) is 17.2 Å². The Hall–Kier alpha value is -1.51. The summed E-state index contributed by atoms with van der Waals surface area (Å²) in [5, 5.41) is 6.24. The molecule has 0 spiro atoms. The van der Waals surface area contributed by atoms with E-state index in [1.54, 1.807) is 7.05 Å². The van der Waals surface area contributed by atoms with Crippen LogP contribution in [0.1, 0.15) is 42.1 Å². The molecule has 98 valence electrons. The summed E-state index contributed by atoms with van der Waals surface area (Å²) < 4.78 is 0. The largest absolute Gasteiger partial charge is 0.382 e. The smallest absolute Gasteiger partial charge is 0.251 e. The molecule has 3 heteroatoms. The van der Waals surface area contributed by atoms with Gasteiger partial charge in [0.15, 0.2) is 0 Å². The van der Waals surface area contributed by atoms with Gasteiger partial charge in [-0.15, -0.1) is 0 Å². The van der Waals surface area contributed by atoms with E-state index in [0.29, 0.717) is 6.04 Å². The number of anilines is 1. The molecule has 0 heterocycles. The highest BCUT2D eigenvalue weighted by Gasteiger charge is 2.21. The zero-order valence-corrected chi connectivity index (χ0v) is 11.4. The van der Waals surface area contributed by atoms with E-state index in [9.17, 15) is 4.79 Å². The van der Waals surface area contributed by atoms with Crippen molar-refractivity contribution in [2.24, 2.45) is 5.92 Å². The topological polar surface area (TPSA) is 41.1 Å². The molecule has 2 atom stereocenters. The molecule has 2 N–H and O–H groups in total. The normalized spacial score (nSPS) is 22.8. The molecular formula is C15H22N2O. The van der Waals surface area contributed by atoms with Crippen molar-refractivity contribution in [1.29, 1.82) is 0 Å². The molecule has 1 fully saturated rings. The van der Waals surface area contributed by atoms with Crippen LogP contribution in [0.25, 0.3) is 0 Å². The van der Waals surface area contributed by atoms with Crippen molar-refractivity contribution >= 4 is 11.6 Å². The number of benzene rings is 1. The summed E-state index contributed by atoms with van der Waals surface area (Å²) in [5.41, 5.74) is 3.01. The van der Waals surface area contributed by atoms with Gasteiger partial charge in [0, 0.05) is 24.3 Å².